The summed E-state index contributed by atoms with van der Waals surface area (Å²) >= 11 is 0. The van der Waals surface area contributed by atoms with Gasteiger partial charge in [-0.25, -0.2) is 0 Å². The molecule has 166 valence electrons. The molecule has 0 bridgehead atoms. The summed E-state index contributed by atoms with van der Waals surface area (Å²) in [6.45, 7) is 7.72. The zero-order valence-electron chi connectivity index (χ0n) is 18.8. The number of aromatic nitrogens is 4. The molecule has 0 radical (unpaired) electrons. The fraction of sp³-hybridized carbons (Fsp3) is 0.360. The van der Waals surface area contributed by atoms with Crippen LogP contribution in [0.4, 0.5) is 0 Å². The highest BCUT2D eigenvalue weighted by molar-refractivity contribution is 5.85. The van der Waals surface area contributed by atoms with Crippen molar-refractivity contribution in [3.05, 3.63) is 66.2 Å². The van der Waals surface area contributed by atoms with Crippen LogP contribution in [0.2, 0.25) is 0 Å². The van der Waals surface area contributed by atoms with E-state index in [1.807, 2.05) is 18.3 Å². The first-order valence-corrected chi connectivity index (χ1v) is 11.1. The Hall–Kier alpha value is -3.16. The third-order valence-electron chi connectivity index (χ3n) is 6.15. The van der Waals surface area contributed by atoms with E-state index in [4.69, 9.17) is 9.47 Å². The smallest absolute Gasteiger partial charge is 0.119 e. The highest BCUT2D eigenvalue weighted by atomic mass is 16.5. The van der Waals surface area contributed by atoms with Crippen LogP contribution in [0.3, 0.4) is 0 Å². The molecule has 1 aliphatic rings. The predicted molar refractivity (Wildman–Crippen MR) is 125 cm³/mol. The molecule has 1 saturated heterocycles. The monoisotopic (exact) mass is 431 g/mol. The average Bonchev–Trinajstić information content (AvgIpc) is 3.48. The number of hydrogen-bond donors (Lipinski definition) is 1. The van der Waals surface area contributed by atoms with Gasteiger partial charge in [-0.15, -0.1) is 0 Å². The minimum atomic E-state index is -0.0347. The van der Waals surface area contributed by atoms with E-state index >= 15 is 0 Å². The van der Waals surface area contributed by atoms with Gasteiger partial charge in [0.15, 0.2) is 0 Å². The van der Waals surface area contributed by atoms with Crippen molar-refractivity contribution in [1.29, 1.82) is 0 Å². The quantitative estimate of drug-likeness (QED) is 0.484. The van der Waals surface area contributed by atoms with Gasteiger partial charge in [-0.3, -0.25) is 15.0 Å². The van der Waals surface area contributed by atoms with Crippen LogP contribution in [0, 0.1) is 0 Å². The first kappa shape index (κ1) is 20.7. The van der Waals surface area contributed by atoms with Gasteiger partial charge >= 0.3 is 0 Å². The number of pyridine rings is 1. The molecule has 32 heavy (non-hydrogen) atoms. The minimum Gasteiger partial charge on any atom is -0.497 e. The van der Waals surface area contributed by atoms with Gasteiger partial charge in [-0.1, -0.05) is 0 Å². The fourth-order valence-corrected chi connectivity index (χ4v) is 4.42. The number of hydrogen-bond acceptors (Lipinski definition) is 5. The standard InChI is InChI=1S/C25H29N5O2/c1-17(2)30-15-19(21-12-20(31-3)5-7-24(21)30)14-29-10-11-32-25(16-29)23-6-4-18(13-26-23)22-8-9-27-28-22/h4-9,12-13,15,17,25H,10-11,14,16H2,1-3H3,(H,27,28)/t25-/m1/s1. The zero-order chi connectivity index (χ0) is 22.1. The van der Waals surface area contributed by atoms with Gasteiger partial charge in [-0.05, 0) is 55.8 Å². The topological polar surface area (TPSA) is 68.2 Å². The summed E-state index contributed by atoms with van der Waals surface area (Å²) in [5.41, 5.74) is 5.51. The summed E-state index contributed by atoms with van der Waals surface area (Å²) < 4.78 is 13.9. The van der Waals surface area contributed by atoms with Gasteiger partial charge < -0.3 is 14.0 Å². The highest BCUT2D eigenvalue weighted by Gasteiger charge is 2.24. The Morgan fingerprint density at radius 1 is 1.22 bits per heavy atom. The molecule has 1 aromatic carbocycles. The number of aromatic amines is 1. The summed E-state index contributed by atoms with van der Waals surface area (Å²) in [6.07, 6.45) is 5.88. The first-order valence-electron chi connectivity index (χ1n) is 11.1. The number of ether oxygens (including phenoxy) is 2. The van der Waals surface area contributed by atoms with Crippen LogP contribution in [0.25, 0.3) is 22.2 Å². The Morgan fingerprint density at radius 3 is 2.84 bits per heavy atom. The van der Waals surface area contributed by atoms with Crippen LogP contribution in [0.15, 0.2) is 55.0 Å². The second-order valence-electron chi connectivity index (χ2n) is 8.58. The second kappa shape index (κ2) is 8.76. The van der Waals surface area contributed by atoms with Crippen molar-refractivity contribution < 1.29 is 9.47 Å². The molecule has 3 aromatic heterocycles. The first-order chi connectivity index (χ1) is 15.6. The molecule has 0 spiro atoms. The Morgan fingerprint density at radius 2 is 2.12 bits per heavy atom. The molecule has 1 N–H and O–H groups in total. The third kappa shape index (κ3) is 4.01. The Kier molecular flexibility index (Phi) is 5.68. The SMILES string of the molecule is COc1ccc2c(c1)c(CN1CCO[C@@H](c3ccc(-c4ccn[nH]4)cn3)C1)cn2C(C)C. The molecular weight excluding hydrogens is 402 g/mol. The Bertz CT molecular complexity index is 1180. The van der Waals surface area contributed by atoms with Crippen LogP contribution < -0.4 is 4.74 Å². The number of rotatable bonds is 6. The zero-order valence-corrected chi connectivity index (χ0v) is 18.8. The van der Waals surface area contributed by atoms with Gasteiger partial charge in [0.1, 0.15) is 11.9 Å². The number of nitrogens with one attached hydrogen (secondary N) is 1. The molecule has 1 fully saturated rings. The van der Waals surface area contributed by atoms with Gasteiger partial charge in [-0.2, -0.15) is 5.10 Å². The number of fused-ring (bicyclic) bond motifs is 1. The lowest BCUT2D eigenvalue weighted by Crippen LogP contribution is -2.38. The van der Waals surface area contributed by atoms with E-state index in [0.717, 1.165) is 42.3 Å². The number of benzene rings is 1. The maximum absolute atomic E-state index is 6.08. The van der Waals surface area contributed by atoms with Crippen LogP contribution in [0.5, 0.6) is 5.75 Å². The van der Waals surface area contributed by atoms with Crippen LogP contribution in [-0.2, 0) is 11.3 Å². The molecule has 0 saturated carbocycles. The number of morpholine rings is 1. The number of H-pyrrole nitrogens is 1. The van der Waals surface area contributed by atoms with E-state index in [1.165, 1.54) is 16.5 Å². The normalized spacial score (nSPS) is 17.3. The van der Waals surface area contributed by atoms with Crippen molar-refractivity contribution in [1.82, 2.24) is 24.6 Å². The summed E-state index contributed by atoms with van der Waals surface area (Å²) in [4.78, 5) is 7.14. The lowest BCUT2D eigenvalue weighted by molar-refractivity contribution is -0.0348. The van der Waals surface area contributed by atoms with Gasteiger partial charge in [0.05, 0.1) is 25.1 Å². The predicted octanol–water partition coefficient (Wildman–Crippen LogP) is 4.59. The number of nitrogens with zero attached hydrogens (tertiary/aromatic N) is 4. The van der Waals surface area contributed by atoms with Crippen molar-refractivity contribution >= 4 is 10.9 Å². The molecule has 1 aliphatic heterocycles. The van der Waals surface area contributed by atoms with Crippen molar-refractivity contribution in [3.8, 4) is 17.0 Å². The van der Waals surface area contributed by atoms with E-state index in [9.17, 15) is 0 Å². The van der Waals surface area contributed by atoms with E-state index in [1.54, 1.807) is 13.3 Å². The third-order valence-corrected chi connectivity index (χ3v) is 6.15. The minimum absolute atomic E-state index is 0.0347. The number of methoxy groups -OCH3 is 1. The molecule has 5 rings (SSSR count). The second-order valence-corrected chi connectivity index (χ2v) is 8.58. The Balaban J connectivity index is 1.35. The summed E-state index contributed by atoms with van der Waals surface area (Å²) in [5.74, 6) is 0.890. The average molecular weight is 432 g/mol. The molecule has 4 heterocycles. The molecular formula is C25H29N5O2. The molecule has 1 atom stereocenters. The maximum atomic E-state index is 6.08. The molecule has 0 aliphatic carbocycles. The van der Waals surface area contributed by atoms with Gasteiger partial charge in [0, 0.05) is 60.7 Å². The van der Waals surface area contributed by atoms with E-state index in [2.05, 4.69) is 69.0 Å². The highest BCUT2D eigenvalue weighted by Crippen LogP contribution is 2.31. The van der Waals surface area contributed by atoms with Crippen molar-refractivity contribution in [2.75, 3.05) is 26.8 Å². The lowest BCUT2D eigenvalue weighted by Gasteiger charge is -2.32. The molecule has 4 aromatic rings. The van der Waals surface area contributed by atoms with E-state index in [0.29, 0.717) is 12.6 Å². The largest absolute Gasteiger partial charge is 0.497 e. The van der Waals surface area contributed by atoms with Gasteiger partial charge in [0.25, 0.3) is 0 Å². The van der Waals surface area contributed by atoms with E-state index in [-0.39, 0.29) is 6.10 Å². The lowest BCUT2D eigenvalue weighted by atomic mass is 10.1. The summed E-state index contributed by atoms with van der Waals surface area (Å²) in [6, 6.07) is 12.8. The maximum Gasteiger partial charge on any atom is 0.119 e. The van der Waals surface area contributed by atoms with Crippen molar-refractivity contribution in [2.24, 2.45) is 0 Å². The van der Waals surface area contributed by atoms with E-state index < -0.39 is 0 Å². The fourth-order valence-electron chi connectivity index (χ4n) is 4.42. The molecule has 7 nitrogen and oxygen atoms in total. The van der Waals surface area contributed by atoms with Crippen LogP contribution in [0.1, 0.15) is 37.3 Å². The summed E-state index contributed by atoms with van der Waals surface area (Å²) in [7, 11) is 1.72. The van der Waals surface area contributed by atoms with Gasteiger partial charge in [0.2, 0.25) is 0 Å². The van der Waals surface area contributed by atoms with Crippen LogP contribution >= 0.6 is 0 Å². The molecule has 0 unspecified atom stereocenters. The van der Waals surface area contributed by atoms with Crippen LogP contribution in [-0.4, -0.2) is 51.5 Å². The molecule has 7 heteroatoms. The summed E-state index contributed by atoms with van der Waals surface area (Å²) in [5, 5.41) is 8.24. The van der Waals surface area contributed by atoms with Crippen molar-refractivity contribution in [3.63, 3.8) is 0 Å². The van der Waals surface area contributed by atoms with Crippen molar-refractivity contribution in [2.45, 2.75) is 32.5 Å². The molecule has 0 amide bonds. The Labute approximate surface area is 188 Å².